The van der Waals surface area contributed by atoms with Crippen molar-refractivity contribution < 1.29 is 10.2 Å². The molecule has 0 amide bonds. The third kappa shape index (κ3) is 3.82. The van der Waals surface area contributed by atoms with Crippen LogP contribution in [0.25, 0.3) is 11.0 Å². The molecular formula is C12H19N5O3S. The maximum Gasteiger partial charge on any atom is 0.276 e. The number of aliphatic hydroxyl groups excluding tert-OH is 2. The van der Waals surface area contributed by atoms with Crippen LogP contribution < -0.4 is 10.9 Å². The fraction of sp³-hybridized carbons (Fsp3) is 0.583. The summed E-state index contributed by atoms with van der Waals surface area (Å²) in [6.07, 6.45) is 2.55. The van der Waals surface area contributed by atoms with Crippen LogP contribution in [-0.2, 0) is 6.54 Å². The summed E-state index contributed by atoms with van der Waals surface area (Å²) in [5.74, 6) is 0.695. The molecule has 0 unspecified atom stereocenters. The first kappa shape index (κ1) is 16.0. The van der Waals surface area contributed by atoms with E-state index in [1.165, 1.54) is 6.33 Å². The van der Waals surface area contributed by atoms with E-state index in [1.54, 1.807) is 11.8 Å². The molecule has 2 aromatic rings. The summed E-state index contributed by atoms with van der Waals surface area (Å²) in [4.78, 5) is 18.1. The topological polar surface area (TPSA) is 127 Å². The molecule has 116 valence electrons. The third-order valence-electron chi connectivity index (χ3n) is 3.24. The molecule has 0 aliphatic heterocycles. The summed E-state index contributed by atoms with van der Waals surface area (Å²) in [5.41, 5.74) is 1.29. The van der Waals surface area contributed by atoms with Gasteiger partial charge in [0.25, 0.3) is 5.56 Å². The number of nitrogens with one attached hydrogen (secondary N) is 3. The Morgan fingerprint density at radius 1 is 1.52 bits per heavy atom. The predicted octanol–water partition coefficient (Wildman–Crippen LogP) is -0.932. The van der Waals surface area contributed by atoms with Crippen molar-refractivity contribution in [2.75, 3.05) is 25.2 Å². The van der Waals surface area contributed by atoms with Crippen LogP contribution in [0.1, 0.15) is 5.69 Å². The highest BCUT2D eigenvalue weighted by molar-refractivity contribution is 7.98. The number of rotatable bonds is 8. The summed E-state index contributed by atoms with van der Waals surface area (Å²) in [6, 6.07) is 0. The van der Waals surface area contributed by atoms with Gasteiger partial charge in [-0.15, -0.1) is 0 Å². The molecular weight excluding hydrogens is 294 g/mol. The number of aliphatic hydroxyl groups is 2. The van der Waals surface area contributed by atoms with Gasteiger partial charge in [-0.1, -0.05) is 0 Å². The molecule has 9 heteroatoms. The van der Waals surface area contributed by atoms with Crippen molar-refractivity contribution in [2.24, 2.45) is 5.92 Å². The monoisotopic (exact) mass is 313 g/mol. The molecule has 0 aromatic carbocycles. The quantitative estimate of drug-likeness (QED) is 0.426. The first-order valence-corrected chi connectivity index (χ1v) is 7.96. The number of hydrogen-bond acceptors (Lipinski definition) is 7. The SMILES string of the molecule is CSC[C@H](CNCc1n[nH]c2c(=O)[nH]cnc12)[C@H](O)CO. The molecule has 8 nitrogen and oxygen atoms in total. The summed E-state index contributed by atoms with van der Waals surface area (Å²) in [5, 5.41) is 28.7. The minimum Gasteiger partial charge on any atom is -0.394 e. The van der Waals surface area contributed by atoms with E-state index < -0.39 is 6.10 Å². The Balaban J connectivity index is 1.98. The van der Waals surface area contributed by atoms with Gasteiger partial charge in [0.2, 0.25) is 0 Å². The van der Waals surface area contributed by atoms with Crippen molar-refractivity contribution in [2.45, 2.75) is 12.6 Å². The molecule has 21 heavy (non-hydrogen) atoms. The molecule has 0 saturated heterocycles. The smallest absolute Gasteiger partial charge is 0.276 e. The van der Waals surface area contributed by atoms with Crippen LogP contribution in [-0.4, -0.2) is 61.6 Å². The fourth-order valence-corrected chi connectivity index (χ4v) is 2.84. The lowest BCUT2D eigenvalue weighted by Crippen LogP contribution is -2.35. The fourth-order valence-electron chi connectivity index (χ4n) is 2.07. The van der Waals surface area contributed by atoms with Crippen LogP contribution in [0.3, 0.4) is 0 Å². The van der Waals surface area contributed by atoms with Crippen LogP contribution in [0.5, 0.6) is 0 Å². The molecule has 2 aromatic heterocycles. The average molecular weight is 313 g/mol. The van der Waals surface area contributed by atoms with Gasteiger partial charge in [0.1, 0.15) is 16.7 Å². The molecule has 5 N–H and O–H groups in total. The number of aromatic amines is 2. The summed E-state index contributed by atoms with van der Waals surface area (Å²) in [6.45, 7) is 0.717. The normalized spacial score (nSPS) is 14.4. The predicted molar refractivity (Wildman–Crippen MR) is 81.2 cm³/mol. The van der Waals surface area contributed by atoms with E-state index in [-0.39, 0.29) is 18.1 Å². The average Bonchev–Trinajstić information content (AvgIpc) is 2.90. The highest BCUT2D eigenvalue weighted by atomic mass is 32.2. The molecule has 2 heterocycles. The second kappa shape index (κ2) is 7.55. The number of aromatic nitrogens is 4. The van der Waals surface area contributed by atoms with Crippen molar-refractivity contribution in [1.82, 2.24) is 25.5 Å². The molecule has 0 radical (unpaired) electrons. The van der Waals surface area contributed by atoms with Crippen LogP contribution in [0.15, 0.2) is 11.1 Å². The minimum absolute atomic E-state index is 0.0495. The maximum absolute atomic E-state index is 11.5. The Bertz CT molecular complexity index is 629. The zero-order valence-electron chi connectivity index (χ0n) is 11.7. The highest BCUT2D eigenvalue weighted by Gasteiger charge is 2.18. The molecule has 0 aliphatic carbocycles. The Kier molecular flexibility index (Phi) is 5.74. The Hall–Kier alpha value is -1.42. The molecule has 0 aliphatic rings. The largest absolute Gasteiger partial charge is 0.394 e. The lowest BCUT2D eigenvalue weighted by atomic mass is 10.1. The Morgan fingerprint density at radius 3 is 3.05 bits per heavy atom. The number of nitrogens with zero attached hydrogens (tertiary/aromatic N) is 2. The van der Waals surface area contributed by atoms with Crippen LogP contribution in [0.2, 0.25) is 0 Å². The van der Waals surface area contributed by atoms with Crippen molar-refractivity contribution in [3.8, 4) is 0 Å². The van der Waals surface area contributed by atoms with Crippen molar-refractivity contribution >= 4 is 22.8 Å². The zero-order chi connectivity index (χ0) is 15.2. The number of H-pyrrole nitrogens is 2. The first-order chi connectivity index (χ1) is 10.2. The van der Waals surface area contributed by atoms with Crippen LogP contribution in [0, 0.1) is 5.92 Å². The second-order valence-corrected chi connectivity index (χ2v) is 5.63. The summed E-state index contributed by atoms with van der Waals surface area (Å²) >= 11 is 1.62. The summed E-state index contributed by atoms with van der Waals surface area (Å²) in [7, 11) is 0. The van der Waals surface area contributed by atoms with E-state index in [4.69, 9.17) is 5.11 Å². The standard InChI is InChI=1S/C12H19N5O3S/c1-21-5-7(9(19)4-18)2-13-3-8-10-11(17-16-8)12(20)15-6-14-10/h6-7,9,13,18-19H,2-5H2,1H3,(H,16,17)(H,14,15,20)/t7-,9+/m0/s1. The van der Waals surface area contributed by atoms with Gasteiger partial charge in [0.05, 0.1) is 19.0 Å². The molecule has 0 bridgehead atoms. The number of fused-ring (bicyclic) bond motifs is 1. The molecule has 0 spiro atoms. The molecule has 0 fully saturated rings. The van der Waals surface area contributed by atoms with E-state index in [0.29, 0.717) is 29.8 Å². The van der Waals surface area contributed by atoms with Gasteiger partial charge in [-0.3, -0.25) is 9.89 Å². The third-order valence-corrected chi connectivity index (χ3v) is 4.00. The lowest BCUT2D eigenvalue weighted by molar-refractivity contribution is 0.0549. The number of hydrogen-bond donors (Lipinski definition) is 5. The van der Waals surface area contributed by atoms with Gasteiger partial charge in [0, 0.05) is 19.0 Å². The van der Waals surface area contributed by atoms with E-state index in [0.717, 1.165) is 5.75 Å². The van der Waals surface area contributed by atoms with Crippen LogP contribution >= 0.6 is 11.8 Å². The van der Waals surface area contributed by atoms with E-state index in [1.807, 2.05) is 6.26 Å². The van der Waals surface area contributed by atoms with E-state index >= 15 is 0 Å². The van der Waals surface area contributed by atoms with Gasteiger partial charge >= 0.3 is 0 Å². The summed E-state index contributed by atoms with van der Waals surface area (Å²) < 4.78 is 0. The second-order valence-electron chi connectivity index (χ2n) is 4.72. The van der Waals surface area contributed by atoms with E-state index in [9.17, 15) is 9.90 Å². The number of thioether (sulfide) groups is 1. The lowest BCUT2D eigenvalue weighted by Gasteiger charge is -2.20. The Labute approximate surface area is 125 Å². The Morgan fingerprint density at radius 2 is 2.33 bits per heavy atom. The van der Waals surface area contributed by atoms with E-state index in [2.05, 4.69) is 25.5 Å². The van der Waals surface area contributed by atoms with Crippen molar-refractivity contribution in [3.63, 3.8) is 0 Å². The van der Waals surface area contributed by atoms with Gasteiger partial charge < -0.3 is 20.5 Å². The van der Waals surface area contributed by atoms with Gasteiger partial charge in [-0.05, 0) is 12.0 Å². The van der Waals surface area contributed by atoms with Gasteiger partial charge in [-0.25, -0.2) is 4.98 Å². The zero-order valence-corrected chi connectivity index (χ0v) is 12.5. The molecule has 2 atom stereocenters. The van der Waals surface area contributed by atoms with Gasteiger partial charge in [-0.2, -0.15) is 16.9 Å². The molecule has 2 rings (SSSR count). The van der Waals surface area contributed by atoms with Crippen LogP contribution in [0.4, 0.5) is 0 Å². The van der Waals surface area contributed by atoms with Crippen molar-refractivity contribution in [3.05, 3.63) is 22.4 Å². The minimum atomic E-state index is -0.748. The molecule has 0 saturated carbocycles. The van der Waals surface area contributed by atoms with Gasteiger partial charge in [0.15, 0.2) is 0 Å². The first-order valence-electron chi connectivity index (χ1n) is 6.56. The van der Waals surface area contributed by atoms with Crippen molar-refractivity contribution in [1.29, 1.82) is 0 Å². The maximum atomic E-state index is 11.5. The highest BCUT2D eigenvalue weighted by Crippen LogP contribution is 2.11.